The van der Waals surface area contributed by atoms with Crippen molar-refractivity contribution in [1.82, 2.24) is 0 Å². The number of carboxylic acid groups (broad SMARTS) is 1. The Bertz CT molecular complexity index is 1170. The van der Waals surface area contributed by atoms with Crippen molar-refractivity contribution in [2.24, 2.45) is 0 Å². The molecule has 0 fully saturated rings. The predicted molar refractivity (Wildman–Crippen MR) is 109 cm³/mol. The summed E-state index contributed by atoms with van der Waals surface area (Å²) in [5, 5.41) is 11.4. The second-order valence-corrected chi connectivity index (χ2v) is 7.23. The first-order valence-electron chi connectivity index (χ1n) is 8.63. The van der Waals surface area contributed by atoms with E-state index < -0.39 is 23.3 Å². The average Bonchev–Trinajstić information content (AvgIpc) is 3.06. The van der Waals surface area contributed by atoms with Gasteiger partial charge in [0.1, 0.15) is 17.2 Å². The summed E-state index contributed by atoms with van der Waals surface area (Å²) in [5.41, 5.74) is 2.43. The third-order valence-electron chi connectivity index (χ3n) is 4.62. The van der Waals surface area contributed by atoms with Gasteiger partial charge in [-0.1, -0.05) is 48.5 Å². The zero-order valence-corrected chi connectivity index (χ0v) is 15.5. The minimum atomic E-state index is -2.52. The van der Waals surface area contributed by atoms with Crippen LogP contribution in [0.1, 0.15) is 5.56 Å². The predicted octanol–water partition coefficient (Wildman–Crippen LogP) is 4.23. The standard InChI is InChI=1S/C21H17NO5S/c23-21(24)18(12-14-6-2-1-3-7-14)22(28(25)26)15-10-11-20-17(13-15)16-8-4-5-9-19(16)27-20/h1-11,13,18H,12H2,(H,23,24)(H,25,26). The summed E-state index contributed by atoms with van der Waals surface area (Å²) >= 11 is -2.52. The average molecular weight is 395 g/mol. The van der Waals surface area contributed by atoms with E-state index in [0.29, 0.717) is 16.9 Å². The number of carboxylic acids is 1. The van der Waals surface area contributed by atoms with Crippen LogP contribution in [-0.4, -0.2) is 25.9 Å². The Balaban J connectivity index is 1.80. The number of rotatable bonds is 6. The lowest BCUT2D eigenvalue weighted by Gasteiger charge is -2.27. The van der Waals surface area contributed by atoms with Crippen molar-refractivity contribution in [2.45, 2.75) is 12.5 Å². The lowest BCUT2D eigenvalue weighted by atomic mass is 10.1. The first-order valence-corrected chi connectivity index (χ1v) is 9.69. The third kappa shape index (κ3) is 3.37. The number of anilines is 1. The summed E-state index contributed by atoms with van der Waals surface area (Å²) in [4.78, 5) is 11.9. The van der Waals surface area contributed by atoms with E-state index in [1.807, 2.05) is 30.3 Å². The van der Waals surface area contributed by atoms with Crippen LogP contribution >= 0.6 is 0 Å². The van der Waals surface area contributed by atoms with E-state index in [1.165, 1.54) is 0 Å². The van der Waals surface area contributed by atoms with Crippen LogP contribution in [0.15, 0.2) is 77.2 Å². The fourth-order valence-electron chi connectivity index (χ4n) is 3.34. The first-order chi connectivity index (χ1) is 13.5. The van der Waals surface area contributed by atoms with Gasteiger partial charge < -0.3 is 9.52 Å². The molecule has 0 radical (unpaired) electrons. The number of furan rings is 1. The molecule has 2 atom stereocenters. The van der Waals surface area contributed by atoms with Crippen LogP contribution in [-0.2, 0) is 22.5 Å². The second kappa shape index (κ2) is 7.46. The summed E-state index contributed by atoms with van der Waals surface area (Å²) in [5.74, 6) is -1.18. The molecule has 2 unspecified atom stereocenters. The van der Waals surface area contributed by atoms with Gasteiger partial charge in [0.25, 0.3) is 11.3 Å². The maximum absolute atomic E-state index is 12.1. The molecule has 0 saturated carbocycles. The number of carbonyl (C=O) groups is 1. The summed E-state index contributed by atoms with van der Waals surface area (Å²) in [7, 11) is 0. The highest BCUT2D eigenvalue weighted by molar-refractivity contribution is 7.80. The maximum atomic E-state index is 12.1. The molecule has 28 heavy (non-hydrogen) atoms. The van der Waals surface area contributed by atoms with Crippen molar-refractivity contribution in [2.75, 3.05) is 4.31 Å². The van der Waals surface area contributed by atoms with Crippen LogP contribution in [0, 0.1) is 0 Å². The Morgan fingerprint density at radius 2 is 1.64 bits per heavy atom. The van der Waals surface area contributed by atoms with Crippen LogP contribution in [0.2, 0.25) is 0 Å². The molecule has 7 heteroatoms. The van der Waals surface area contributed by atoms with Gasteiger partial charge >= 0.3 is 5.97 Å². The fourth-order valence-corrected chi connectivity index (χ4v) is 4.01. The van der Waals surface area contributed by atoms with Crippen molar-refractivity contribution in [3.05, 3.63) is 78.4 Å². The molecular weight excluding hydrogens is 378 g/mol. The monoisotopic (exact) mass is 395 g/mol. The molecule has 1 aromatic heterocycles. The van der Waals surface area contributed by atoms with Gasteiger partial charge in [-0.2, -0.15) is 0 Å². The largest absolute Gasteiger partial charge is 0.480 e. The first kappa shape index (κ1) is 18.2. The number of aliphatic carboxylic acids is 1. The lowest BCUT2D eigenvalue weighted by molar-refractivity contribution is -0.138. The summed E-state index contributed by atoms with van der Waals surface area (Å²) < 4.78 is 28.8. The number of hydrogen-bond donors (Lipinski definition) is 2. The normalized spacial score (nSPS) is 13.5. The highest BCUT2D eigenvalue weighted by Gasteiger charge is 2.30. The van der Waals surface area contributed by atoms with E-state index >= 15 is 0 Å². The van der Waals surface area contributed by atoms with E-state index in [1.54, 1.807) is 42.5 Å². The topological polar surface area (TPSA) is 91.0 Å². The molecule has 2 N–H and O–H groups in total. The number of para-hydroxylation sites is 1. The highest BCUT2D eigenvalue weighted by Crippen LogP contribution is 2.33. The van der Waals surface area contributed by atoms with Crippen molar-refractivity contribution >= 4 is 44.9 Å². The minimum absolute atomic E-state index is 0.0899. The smallest absolute Gasteiger partial charge is 0.327 e. The maximum Gasteiger partial charge on any atom is 0.327 e. The Hall–Kier alpha value is -3.16. The van der Waals surface area contributed by atoms with E-state index in [0.717, 1.165) is 20.6 Å². The van der Waals surface area contributed by atoms with Crippen LogP contribution in [0.3, 0.4) is 0 Å². The van der Waals surface area contributed by atoms with Gasteiger partial charge in [-0.25, -0.2) is 9.00 Å². The molecule has 0 aliphatic carbocycles. The number of benzene rings is 3. The Morgan fingerprint density at radius 3 is 2.36 bits per heavy atom. The Labute approximate surface area is 163 Å². The van der Waals surface area contributed by atoms with Crippen LogP contribution in [0.5, 0.6) is 0 Å². The molecule has 4 aromatic rings. The molecule has 6 nitrogen and oxygen atoms in total. The van der Waals surface area contributed by atoms with Crippen LogP contribution in [0.25, 0.3) is 21.9 Å². The SMILES string of the molecule is O=C(O)C(Cc1ccccc1)N(c1ccc2oc3ccccc3c2c1)S(=O)O. The van der Waals surface area contributed by atoms with Gasteiger partial charge in [0.15, 0.2) is 0 Å². The van der Waals surface area contributed by atoms with Gasteiger partial charge in [0.05, 0.1) is 5.69 Å². The molecule has 0 amide bonds. The number of fused-ring (bicyclic) bond motifs is 3. The Morgan fingerprint density at radius 1 is 0.964 bits per heavy atom. The van der Waals surface area contributed by atoms with E-state index in [9.17, 15) is 18.7 Å². The lowest BCUT2D eigenvalue weighted by Crippen LogP contribution is -2.44. The number of nitrogens with zero attached hydrogens (tertiary/aromatic N) is 1. The summed E-state index contributed by atoms with van der Waals surface area (Å²) in [6.07, 6.45) is 0.0899. The van der Waals surface area contributed by atoms with Crippen molar-refractivity contribution in [3.8, 4) is 0 Å². The molecule has 0 aliphatic rings. The van der Waals surface area contributed by atoms with Gasteiger partial charge in [-0.3, -0.25) is 8.86 Å². The van der Waals surface area contributed by atoms with Crippen LogP contribution < -0.4 is 4.31 Å². The van der Waals surface area contributed by atoms with Gasteiger partial charge in [-0.05, 0) is 29.8 Å². The van der Waals surface area contributed by atoms with Gasteiger partial charge in [-0.15, -0.1) is 0 Å². The molecule has 0 aliphatic heterocycles. The third-order valence-corrected chi connectivity index (χ3v) is 5.42. The molecule has 3 aromatic carbocycles. The van der Waals surface area contributed by atoms with Crippen molar-refractivity contribution in [1.29, 1.82) is 0 Å². The number of hydrogen-bond acceptors (Lipinski definition) is 3. The van der Waals surface area contributed by atoms with Crippen molar-refractivity contribution in [3.63, 3.8) is 0 Å². The summed E-state index contributed by atoms with van der Waals surface area (Å²) in [6, 6.07) is 20.3. The molecule has 142 valence electrons. The zero-order chi connectivity index (χ0) is 19.7. The zero-order valence-electron chi connectivity index (χ0n) is 14.7. The minimum Gasteiger partial charge on any atom is -0.480 e. The molecule has 0 bridgehead atoms. The second-order valence-electron chi connectivity index (χ2n) is 6.38. The molecular formula is C21H17NO5S. The van der Waals surface area contributed by atoms with E-state index in [-0.39, 0.29) is 6.42 Å². The Kier molecular flexibility index (Phi) is 4.85. The highest BCUT2D eigenvalue weighted by atomic mass is 32.2. The quantitative estimate of drug-likeness (QED) is 0.477. The molecule has 1 heterocycles. The van der Waals surface area contributed by atoms with E-state index in [2.05, 4.69) is 0 Å². The molecule has 0 spiro atoms. The summed E-state index contributed by atoms with van der Waals surface area (Å²) in [6.45, 7) is 0. The van der Waals surface area contributed by atoms with Crippen LogP contribution in [0.4, 0.5) is 5.69 Å². The molecule has 4 rings (SSSR count). The van der Waals surface area contributed by atoms with E-state index in [4.69, 9.17) is 4.42 Å². The van der Waals surface area contributed by atoms with Crippen molar-refractivity contribution < 1.29 is 23.1 Å². The van der Waals surface area contributed by atoms with Gasteiger partial charge in [0, 0.05) is 17.2 Å². The molecule has 0 saturated heterocycles. The fraction of sp³-hybridized carbons (Fsp3) is 0.0952. The van der Waals surface area contributed by atoms with Gasteiger partial charge in [0.2, 0.25) is 0 Å².